The molecule has 2 aromatic rings. The van der Waals surface area contributed by atoms with Gasteiger partial charge in [-0.3, -0.25) is 4.79 Å². The fourth-order valence-electron chi connectivity index (χ4n) is 1.72. The maximum absolute atomic E-state index is 11.7. The van der Waals surface area contributed by atoms with Crippen molar-refractivity contribution in [3.8, 4) is 0 Å². The van der Waals surface area contributed by atoms with E-state index in [2.05, 4.69) is 57.6 Å². The summed E-state index contributed by atoms with van der Waals surface area (Å²) in [7, 11) is 0. The molecule has 1 amide bonds. The molecular weight excluding hydrogens is 360 g/mol. The molecule has 0 aliphatic heterocycles. The standard InChI is InChI=1S/C17H17BrN2OS/c1-13-5-7-16(8-6-13)22-10-9-17(21)20-19-12-14-3-2-4-15(18)11-14/h2-8,11-12H,9-10H2,1H3,(H,20,21)/b19-12-. The highest BCUT2D eigenvalue weighted by Crippen LogP contribution is 2.18. The fourth-order valence-corrected chi connectivity index (χ4v) is 2.99. The van der Waals surface area contributed by atoms with Crippen molar-refractivity contribution in [1.29, 1.82) is 0 Å². The Morgan fingerprint density at radius 1 is 1.27 bits per heavy atom. The summed E-state index contributed by atoms with van der Waals surface area (Å²) in [6.07, 6.45) is 2.07. The molecule has 0 aliphatic carbocycles. The highest BCUT2D eigenvalue weighted by atomic mass is 79.9. The summed E-state index contributed by atoms with van der Waals surface area (Å²) >= 11 is 5.06. The van der Waals surface area contributed by atoms with E-state index in [0.29, 0.717) is 6.42 Å². The van der Waals surface area contributed by atoms with E-state index < -0.39 is 0 Å². The molecule has 0 heterocycles. The van der Waals surface area contributed by atoms with Gasteiger partial charge in [-0.25, -0.2) is 5.43 Å². The number of hydrogen-bond donors (Lipinski definition) is 1. The van der Waals surface area contributed by atoms with Crippen LogP contribution in [-0.4, -0.2) is 17.9 Å². The highest BCUT2D eigenvalue weighted by molar-refractivity contribution is 9.10. The molecule has 2 rings (SSSR count). The molecule has 3 nitrogen and oxygen atoms in total. The number of rotatable bonds is 6. The van der Waals surface area contributed by atoms with Crippen molar-refractivity contribution in [3.05, 3.63) is 64.1 Å². The van der Waals surface area contributed by atoms with Gasteiger partial charge in [-0.1, -0.05) is 45.8 Å². The van der Waals surface area contributed by atoms with Gasteiger partial charge in [-0.2, -0.15) is 5.10 Å². The van der Waals surface area contributed by atoms with Gasteiger partial charge >= 0.3 is 0 Å². The maximum atomic E-state index is 11.7. The normalized spacial score (nSPS) is 10.8. The van der Waals surface area contributed by atoms with Crippen molar-refractivity contribution in [2.24, 2.45) is 5.10 Å². The van der Waals surface area contributed by atoms with Crippen LogP contribution in [0.1, 0.15) is 17.5 Å². The quantitative estimate of drug-likeness (QED) is 0.461. The van der Waals surface area contributed by atoms with Crippen molar-refractivity contribution in [2.75, 3.05) is 5.75 Å². The van der Waals surface area contributed by atoms with Crippen molar-refractivity contribution in [1.82, 2.24) is 5.43 Å². The molecule has 0 spiro atoms. The van der Waals surface area contributed by atoms with Crippen molar-refractivity contribution >= 4 is 39.8 Å². The Balaban J connectivity index is 1.70. The minimum absolute atomic E-state index is 0.0779. The maximum Gasteiger partial charge on any atom is 0.240 e. The van der Waals surface area contributed by atoms with Crippen molar-refractivity contribution < 1.29 is 4.79 Å². The monoisotopic (exact) mass is 376 g/mol. The third-order valence-electron chi connectivity index (χ3n) is 2.87. The predicted octanol–water partition coefficient (Wildman–Crippen LogP) is 4.39. The zero-order valence-corrected chi connectivity index (χ0v) is 14.7. The van der Waals surface area contributed by atoms with Crippen LogP contribution in [0, 0.1) is 6.92 Å². The number of thioether (sulfide) groups is 1. The number of amides is 1. The molecule has 22 heavy (non-hydrogen) atoms. The lowest BCUT2D eigenvalue weighted by Crippen LogP contribution is -2.17. The lowest BCUT2D eigenvalue weighted by atomic mass is 10.2. The molecule has 0 saturated heterocycles. The third-order valence-corrected chi connectivity index (χ3v) is 4.38. The Morgan fingerprint density at radius 2 is 2.05 bits per heavy atom. The van der Waals surface area contributed by atoms with E-state index in [-0.39, 0.29) is 5.91 Å². The zero-order valence-electron chi connectivity index (χ0n) is 12.3. The molecular formula is C17H17BrN2OS. The second-order valence-electron chi connectivity index (χ2n) is 4.76. The minimum atomic E-state index is -0.0779. The smallest absolute Gasteiger partial charge is 0.240 e. The number of nitrogens with zero attached hydrogens (tertiary/aromatic N) is 1. The van der Waals surface area contributed by atoms with Crippen LogP contribution in [0.25, 0.3) is 0 Å². The van der Waals surface area contributed by atoms with Crippen LogP contribution in [0.2, 0.25) is 0 Å². The Hall–Kier alpha value is -1.59. The molecule has 1 N–H and O–H groups in total. The number of hydrazone groups is 1. The van der Waals surface area contributed by atoms with Gasteiger partial charge in [0.2, 0.25) is 5.91 Å². The second kappa shape index (κ2) is 8.76. The molecule has 0 unspecified atom stereocenters. The van der Waals surface area contributed by atoms with Gasteiger partial charge in [0, 0.05) is 21.5 Å². The Morgan fingerprint density at radius 3 is 2.77 bits per heavy atom. The summed E-state index contributed by atoms with van der Waals surface area (Å²) in [5.41, 5.74) is 4.72. The molecule has 0 fully saturated rings. The van der Waals surface area contributed by atoms with Crippen LogP contribution in [0.5, 0.6) is 0 Å². The van der Waals surface area contributed by atoms with Gasteiger partial charge in [0.05, 0.1) is 6.21 Å². The summed E-state index contributed by atoms with van der Waals surface area (Å²) in [5, 5.41) is 3.97. The van der Waals surface area contributed by atoms with E-state index in [4.69, 9.17) is 0 Å². The minimum Gasteiger partial charge on any atom is -0.273 e. The number of nitrogens with one attached hydrogen (secondary N) is 1. The summed E-state index contributed by atoms with van der Waals surface area (Å²) < 4.78 is 0.984. The number of halogens is 1. The highest BCUT2D eigenvalue weighted by Gasteiger charge is 2.00. The van der Waals surface area contributed by atoms with E-state index in [1.54, 1.807) is 18.0 Å². The number of carbonyl (C=O) groups is 1. The fraction of sp³-hybridized carbons (Fsp3) is 0.176. The molecule has 0 radical (unpaired) electrons. The van der Waals surface area contributed by atoms with Gasteiger partial charge < -0.3 is 0 Å². The van der Waals surface area contributed by atoms with E-state index in [9.17, 15) is 4.79 Å². The first kappa shape index (κ1) is 16.8. The van der Waals surface area contributed by atoms with E-state index in [1.165, 1.54) is 10.5 Å². The summed E-state index contributed by atoms with van der Waals surface area (Å²) in [5.74, 6) is 0.659. The Labute approximate surface area is 143 Å². The van der Waals surface area contributed by atoms with Crippen LogP contribution >= 0.6 is 27.7 Å². The molecule has 0 aromatic heterocycles. The predicted molar refractivity (Wildman–Crippen MR) is 96.4 cm³/mol. The van der Waals surface area contributed by atoms with Crippen LogP contribution < -0.4 is 5.43 Å². The number of aryl methyl sites for hydroxylation is 1. The van der Waals surface area contributed by atoms with Gasteiger partial charge in [0.1, 0.15) is 0 Å². The molecule has 0 saturated carbocycles. The topological polar surface area (TPSA) is 41.5 Å². The van der Waals surface area contributed by atoms with Crippen LogP contribution in [0.3, 0.4) is 0 Å². The molecule has 0 bridgehead atoms. The van der Waals surface area contributed by atoms with Gasteiger partial charge in [0.25, 0.3) is 0 Å². The van der Waals surface area contributed by atoms with Crippen LogP contribution in [-0.2, 0) is 4.79 Å². The summed E-state index contributed by atoms with van der Waals surface area (Å²) in [6.45, 7) is 2.06. The number of carbonyl (C=O) groups excluding carboxylic acids is 1. The average molecular weight is 377 g/mol. The SMILES string of the molecule is Cc1ccc(SCCC(=O)N/N=C\c2cccc(Br)c2)cc1. The average Bonchev–Trinajstić information content (AvgIpc) is 2.49. The number of benzene rings is 2. The van der Waals surface area contributed by atoms with E-state index in [0.717, 1.165) is 15.8 Å². The van der Waals surface area contributed by atoms with Gasteiger partial charge in [0.15, 0.2) is 0 Å². The van der Waals surface area contributed by atoms with E-state index >= 15 is 0 Å². The third kappa shape index (κ3) is 6.03. The molecule has 114 valence electrons. The first-order valence-electron chi connectivity index (χ1n) is 6.90. The van der Waals surface area contributed by atoms with E-state index in [1.807, 2.05) is 24.3 Å². The van der Waals surface area contributed by atoms with Gasteiger partial charge in [-0.05, 0) is 36.8 Å². The lowest BCUT2D eigenvalue weighted by molar-refractivity contribution is -0.120. The van der Waals surface area contributed by atoms with Crippen molar-refractivity contribution in [2.45, 2.75) is 18.2 Å². The Kier molecular flexibility index (Phi) is 6.68. The zero-order chi connectivity index (χ0) is 15.8. The molecule has 5 heteroatoms. The Bertz CT molecular complexity index is 656. The molecule has 2 aromatic carbocycles. The summed E-state index contributed by atoms with van der Waals surface area (Å²) in [4.78, 5) is 12.9. The van der Waals surface area contributed by atoms with Crippen LogP contribution in [0.4, 0.5) is 0 Å². The molecule has 0 atom stereocenters. The van der Waals surface area contributed by atoms with Gasteiger partial charge in [-0.15, -0.1) is 11.8 Å². The first-order valence-corrected chi connectivity index (χ1v) is 8.68. The molecule has 0 aliphatic rings. The second-order valence-corrected chi connectivity index (χ2v) is 6.84. The van der Waals surface area contributed by atoms with Crippen molar-refractivity contribution in [3.63, 3.8) is 0 Å². The van der Waals surface area contributed by atoms with Crippen LogP contribution in [0.15, 0.2) is 63.0 Å². The lowest BCUT2D eigenvalue weighted by Gasteiger charge is -2.02. The first-order chi connectivity index (χ1) is 10.6. The number of hydrogen-bond acceptors (Lipinski definition) is 3. The summed E-state index contributed by atoms with van der Waals surface area (Å²) in [6, 6.07) is 16.0. The largest absolute Gasteiger partial charge is 0.273 e.